The highest BCUT2D eigenvalue weighted by Crippen LogP contribution is 2.32. The van der Waals surface area contributed by atoms with Crippen LogP contribution in [0.1, 0.15) is 34.5 Å². The monoisotopic (exact) mass is 460 g/mol. The van der Waals surface area contributed by atoms with E-state index in [1.165, 1.54) is 0 Å². The second-order valence-electron chi connectivity index (χ2n) is 8.51. The predicted octanol–water partition coefficient (Wildman–Crippen LogP) is 4.77. The Morgan fingerprint density at radius 3 is 2.56 bits per heavy atom. The first kappa shape index (κ1) is 22.0. The molecule has 4 heterocycles. The molecule has 34 heavy (non-hydrogen) atoms. The summed E-state index contributed by atoms with van der Waals surface area (Å²) in [5.41, 5.74) is 4.12. The Hall–Kier alpha value is -3.81. The molecule has 1 aliphatic rings. The van der Waals surface area contributed by atoms with Crippen molar-refractivity contribution in [3.05, 3.63) is 59.2 Å². The second kappa shape index (κ2) is 8.85. The van der Waals surface area contributed by atoms with Crippen LogP contribution in [0.3, 0.4) is 0 Å². The quantitative estimate of drug-likeness (QED) is 0.424. The Morgan fingerprint density at radius 1 is 1.09 bits per heavy atom. The van der Waals surface area contributed by atoms with E-state index in [2.05, 4.69) is 21.1 Å². The van der Waals surface area contributed by atoms with Gasteiger partial charge in [-0.05, 0) is 52.0 Å². The summed E-state index contributed by atoms with van der Waals surface area (Å²) in [4.78, 5) is 22.5. The number of amides is 1. The van der Waals surface area contributed by atoms with E-state index < -0.39 is 0 Å². The molecule has 1 aliphatic heterocycles. The zero-order valence-electron chi connectivity index (χ0n) is 19.9. The van der Waals surface area contributed by atoms with Gasteiger partial charge in [-0.15, -0.1) is 0 Å². The molecular weight excluding hydrogens is 432 g/mol. The molecule has 4 aromatic rings. The van der Waals surface area contributed by atoms with Crippen molar-refractivity contribution in [1.29, 1.82) is 0 Å². The van der Waals surface area contributed by atoms with Crippen LogP contribution in [-0.4, -0.2) is 53.7 Å². The molecule has 0 spiro atoms. The van der Waals surface area contributed by atoms with Gasteiger partial charge in [0.25, 0.3) is 11.6 Å². The normalized spacial score (nSPS) is 14.1. The number of hydrogen-bond donors (Lipinski definition) is 0. The Balaban J connectivity index is 1.43. The third-order valence-electron chi connectivity index (χ3n) is 6.24. The number of anilines is 1. The maximum absolute atomic E-state index is 13.7. The van der Waals surface area contributed by atoms with Crippen LogP contribution in [0.15, 0.2) is 45.3 Å². The number of ether oxygens (including phenoxy) is 1. The van der Waals surface area contributed by atoms with Crippen molar-refractivity contribution < 1.29 is 18.5 Å². The van der Waals surface area contributed by atoms with Gasteiger partial charge in [-0.2, -0.15) is 0 Å². The molecule has 5 rings (SSSR count). The fourth-order valence-electron chi connectivity index (χ4n) is 4.60. The van der Waals surface area contributed by atoms with E-state index in [-0.39, 0.29) is 5.91 Å². The number of hydrogen-bond acceptors (Lipinski definition) is 7. The number of pyridine rings is 1. The number of fused-ring (bicyclic) bond motifs is 1. The number of benzene rings is 1. The van der Waals surface area contributed by atoms with E-state index in [1.807, 2.05) is 62.9 Å². The van der Waals surface area contributed by atoms with Crippen LogP contribution in [0.5, 0.6) is 5.75 Å². The zero-order valence-corrected chi connectivity index (χ0v) is 19.9. The lowest BCUT2D eigenvalue weighted by molar-refractivity contribution is 0.0748. The van der Waals surface area contributed by atoms with Gasteiger partial charge in [-0.3, -0.25) is 4.79 Å². The lowest BCUT2D eigenvalue weighted by atomic mass is 10.0. The molecule has 0 atom stereocenters. The molecule has 8 nitrogen and oxygen atoms in total. The van der Waals surface area contributed by atoms with Gasteiger partial charge in [-0.1, -0.05) is 17.3 Å². The third kappa shape index (κ3) is 3.89. The molecule has 3 aromatic heterocycles. The Labute approximate surface area is 198 Å². The fourth-order valence-corrected chi connectivity index (χ4v) is 4.60. The molecule has 0 N–H and O–H groups in total. The topological polar surface area (TPSA) is 84.8 Å². The minimum Gasteiger partial charge on any atom is -0.492 e. The predicted molar refractivity (Wildman–Crippen MR) is 129 cm³/mol. The maximum atomic E-state index is 13.7. The molecule has 1 saturated heterocycles. The van der Waals surface area contributed by atoms with Crippen molar-refractivity contribution in [2.24, 2.45) is 0 Å². The molecule has 1 fully saturated rings. The molecule has 1 aromatic carbocycles. The van der Waals surface area contributed by atoms with E-state index in [0.29, 0.717) is 47.7 Å². The van der Waals surface area contributed by atoms with E-state index in [0.717, 1.165) is 41.6 Å². The van der Waals surface area contributed by atoms with Crippen molar-refractivity contribution in [1.82, 2.24) is 15.0 Å². The van der Waals surface area contributed by atoms with E-state index >= 15 is 0 Å². The summed E-state index contributed by atoms with van der Waals surface area (Å²) in [6.45, 7) is 10.9. The van der Waals surface area contributed by atoms with Crippen LogP contribution in [0.2, 0.25) is 0 Å². The van der Waals surface area contributed by atoms with Crippen LogP contribution < -0.4 is 9.64 Å². The Morgan fingerprint density at radius 2 is 1.85 bits per heavy atom. The van der Waals surface area contributed by atoms with Gasteiger partial charge in [0.2, 0.25) is 0 Å². The number of furan rings is 1. The standard InChI is InChI=1S/C26H28N4O4/c1-5-32-23-9-7-6-8-22(23)29-10-12-30(13-11-29)26(31)20-15-21(19-14-16(2)33-18(19)4)27-25-24(20)17(3)28-34-25/h6-9,14-15H,5,10-13H2,1-4H3. The average Bonchev–Trinajstić information content (AvgIpc) is 3.39. The largest absolute Gasteiger partial charge is 0.492 e. The van der Waals surface area contributed by atoms with Gasteiger partial charge >= 0.3 is 0 Å². The second-order valence-corrected chi connectivity index (χ2v) is 8.51. The van der Waals surface area contributed by atoms with Crippen molar-refractivity contribution in [2.75, 3.05) is 37.7 Å². The van der Waals surface area contributed by atoms with Crippen molar-refractivity contribution in [3.8, 4) is 17.0 Å². The first-order valence-electron chi connectivity index (χ1n) is 11.6. The highest BCUT2D eigenvalue weighted by molar-refractivity contribution is 6.07. The minimum absolute atomic E-state index is 0.0458. The summed E-state index contributed by atoms with van der Waals surface area (Å²) in [7, 11) is 0. The van der Waals surface area contributed by atoms with E-state index in [4.69, 9.17) is 13.7 Å². The van der Waals surface area contributed by atoms with Crippen LogP contribution >= 0.6 is 0 Å². The lowest BCUT2D eigenvalue weighted by Gasteiger charge is -2.36. The zero-order chi connectivity index (χ0) is 23.8. The first-order chi connectivity index (χ1) is 16.5. The SMILES string of the molecule is CCOc1ccccc1N1CCN(C(=O)c2cc(-c3cc(C)oc3C)nc3onc(C)c23)CC1. The minimum atomic E-state index is -0.0458. The summed E-state index contributed by atoms with van der Waals surface area (Å²) in [6, 6.07) is 11.8. The fraction of sp³-hybridized carbons (Fsp3) is 0.346. The van der Waals surface area contributed by atoms with E-state index in [9.17, 15) is 4.79 Å². The molecule has 0 bridgehead atoms. The Kier molecular flexibility index (Phi) is 5.73. The van der Waals surface area contributed by atoms with Gasteiger partial charge in [-0.25, -0.2) is 4.98 Å². The molecule has 8 heteroatoms. The lowest BCUT2D eigenvalue weighted by Crippen LogP contribution is -2.49. The van der Waals surface area contributed by atoms with Crippen LogP contribution in [0.25, 0.3) is 22.4 Å². The summed E-state index contributed by atoms with van der Waals surface area (Å²) in [5, 5.41) is 4.73. The Bertz CT molecular complexity index is 1350. The van der Waals surface area contributed by atoms with Crippen LogP contribution in [0, 0.1) is 20.8 Å². The van der Waals surface area contributed by atoms with Crippen LogP contribution in [-0.2, 0) is 0 Å². The van der Waals surface area contributed by atoms with E-state index in [1.54, 1.807) is 0 Å². The van der Waals surface area contributed by atoms with Crippen molar-refractivity contribution >= 4 is 22.7 Å². The van der Waals surface area contributed by atoms with Crippen LogP contribution in [0.4, 0.5) is 5.69 Å². The highest BCUT2D eigenvalue weighted by Gasteiger charge is 2.28. The molecule has 0 radical (unpaired) electrons. The number of piperazine rings is 1. The van der Waals surface area contributed by atoms with Gasteiger partial charge in [0.1, 0.15) is 17.3 Å². The number of aromatic nitrogens is 2. The van der Waals surface area contributed by atoms with Gasteiger partial charge in [0.05, 0.1) is 34.6 Å². The summed E-state index contributed by atoms with van der Waals surface area (Å²) >= 11 is 0. The molecule has 0 unspecified atom stereocenters. The number of carbonyl (C=O) groups excluding carboxylic acids is 1. The summed E-state index contributed by atoms with van der Waals surface area (Å²) < 4.78 is 16.9. The number of aryl methyl sites for hydroxylation is 3. The van der Waals surface area contributed by atoms with Gasteiger partial charge in [0.15, 0.2) is 0 Å². The molecule has 176 valence electrons. The third-order valence-corrected chi connectivity index (χ3v) is 6.24. The molecular formula is C26H28N4O4. The van der Waals surface area contributed by atoms with Crippen molar-refractivity contribution in [3.63, 3.8) is 0 Å². The van der Waals surface area contributed by atoms with Gasteiger partial charge in [0, 0.05) is 31.7 Å². The molecule has 1 amide bonds. The number of nitrogens with zero attached hydrogens (tertiary/aromatic N) is 4. The highest BCUT2D eigenvalue weighted by atomic mass is 16.5. The summed E-state index contributed by atoms with van der Waals surface area (Å²) in [5.74, 6) is 2.37. The number of para-hydroxylation sites is 2. The number of rotatable bonds is 5. The smallest absolute Gasteiger partial charge is 0.259 e. The number of carbonyl (C=O) groups is 1. The summed E-state index contributed by atoms with van der Waals surface area (Å²) in [6.07, 6.45) is 0. The maximum Gasteiger partial charge on any atom is 0.259 e. The molecule has 0 aliphatic carbocycles. The molecule has 0 saturated carbocycles. The average molecular weight is 461 g/mol. The first-order valence-corrected chi connectivity index (χ1v) is 11.6. The van der Waals surface area contributed by atoms with Crippen molar-refractivity contribution in [2.45, 2.75) is 27.7 Å². The van der Waals surface area contributed by atoms with Gasteiger partial charge < -0.3 is 23.5 Å².